The lowest BCUT2D eigenvalue weighted by Gasteiger charge is -2.09. The molecule has 0 atom stereocenters. The van der Waals surface area contributed by atoms with Crippen LogP contribution in [0.3, 0.4) is 0 Å². The van der Waals surface area contributed by atoms with Gasteiger partial charge in [0.1, 0.15) is 19.0 Å². The van der Waals surface area contributed by atoms with Gasteiger partial charge in [-0.2, -0.15) is 0 Å². The fraction of sp³-hybridized carbons (Fsp3) is 0.600. The van der Waals surface area contributed by atoms with Crippen LogP contribution >= 0.6 is 0 Å². The molecule has 0 aromatic heterocycles. The van der Waals surface area contributed by atoms with Gasteiger partial charge >= 0.3 is 5.97 Å². The summed E-state index contributed by atoms with van der Waals surface area (Å²) >= 11 is 0. The molecule has 1 amide bonds. The van der Waals surface area contributed by atoms with Crippen LogP contribution in [0.1, 0.15) is 52.4 Å². The molecule has 0 spiro atoms. The molecule has 0 bridgehead atoms. The van der Waals surface area contributed by atoms with Crippen LogP contribution in [-0.2, 0) is 19.1 Å². The predicted molar refractivity (Wildman–Crippen MR) is 101 cm³/mol. The van der Waals surface area contributed by atoms with Gasteiger partial charge < -0.3 is 19.5 Å². The molecule has 6 heteroatoms. The molecule has 1 aromatic carbocycles. The van der Waals surface area contributed by atoms with Crippen molar-refractivity contribution in [3.63, 3.8) is 0 Å². The van der Waals surface area contributed by atoms with Crippen LogP contribution < -0.4 is 10.1 Å². The number of rotatable bonds is 14. The van der Waals surface area contributed by atoms with E-state index >= 15 is 0 Å². The molecule has 1 N–H and O–H groups in total. The molecule has 0 unspecified atom stereocenters. The average molecular weight is 365 g/mol. The van der Waals surface area contributed by atoms with Gasteiger partial charge in [0.05, 0.1) is 13.2 Å². The second kappa shape index (κ2) is 14.1. The van der Waals surface area contributed by atoms with Gasteiger partial charge in [-0.3, -0.25) is 9.59 Å². The molecule has 0 saturated carbocycles. The Morgan fingerprint density at radius 3 is 2.31 bits per heavy atom. The lowest BCUT2D eigenvalue weighted by atomic mass is 10.1. The SMILES string of the molecule is CCCCCCCC(=O)OCCOCCOc1ccc(NC(C)=O)cc1. The fourth-order valence-corrected chi connectivity index (χ4v) is 2.32. The zero-order valence-electron chi connectivity index (χ0n) is 15.9. The summed E-state index contributed by atoms with van der Waals surface area (Å²) in [6, 6.07) is 7.12. The molecular weight excluding hydrogens is 334 g/mol. The van der Waals surface area contributed by atoms with E-state index in [0.717, 1.165) is 18.5 Å². The Balaban J connectivity index is 1.97. The van der Waals surface area contributed by atoms with Crippen molar-refractivity contribution in [3.8, 4) is 5.75 Å². The quantitative estimate of drug-likeness (QED) is 0.399. The minimum absolute atomic E-state index is 0.107. The van der Waals surface area contributed by atoms with Crippen molar-refractivity contribution in [1.29, 1.82) is 0 Å². The van der Waals surface area contributed by atoms with Crippen molar-refractivity contribution < 1.29 is 23.8 Å². The highest BCUT2D eigenvalue weighted by molar-refractivity contribution is 5.88. The number of ether oxygens (including phenoxy) is 3. The Hall–Kier alpha value is -2.08. The maximum Gasteiger partial charge on any atom is 0.305 e. The molecule has 1 aromatic rings. The van der Waals surface area contributed by atoms with Crippen molar-refractivity contribution in [2.45, 2.75) is 52.4 Å². The number of hydrogen-bond donors (Lipinski definition) is 1. The molecule has 0 fully saturated rings. The summed E-state index contributed by atoms with van der Waals surface area (Å²) < 4.78 is 16.0. The summed E-state index contributed by atoms with van der Waals surface area (Å²) in [5.41, 5.74) is 0.730. The summed E-state index contributed by atoms with van der Waals surface area (Å²) in [4.78, 5) is 22.5. The molecule has 0 radical (unpaired) electrons. The smallest absolute Gasteiger partial charge is 0.305 e. The number of hydrogen-bond acceptors (Lipinski definition) is 5. The van der Waals surface area contributed by atoms with Gasteiger partial charge in [0.15, 0.2) is 0 Å². The topological polar surface area (TPSA) is 73.9 Å². The monoisotopic (exact) mass is 365 g/mol. The maximum absolute atomic E-state index is 11.5. The second-order valence-corrected chi connectivity index (χ2v) is 6.05. The summed E-state index contributed by atoms with van der Waals surface area (Å²) in [5, 5.41) is 2.69. The number of benzene rings is 1. The minimum Gasteiger partial charge on any atom is -0.491 e. The van der Waals surface area contributed by atoms with Crippen LogP contribution in [-0.4, -0.2) is 38.3 Å². The molecule has 0 heterocycles. The molecule has 146 valence electrons. The van der Waals surface area contributed by atoms with Crippen molar-refractivity contribution in [3.05, 3.63) is 24.3 Å². The third-order valence-electron chi connectivity index (χ3n) is 3.65. The van der Waals surface area contributed by atoms with Gasteiger partial charge in [0.25, 0.3) is 0 Å². The van der Waals surface area contributed by atoms with Crippen LogP contribution in [0, 0.1) is 0 Å². The van der Waals surface area contributed by atoms with E-state index in [9.17, 15) is 9.59 Å². The van der Waals surface area contributed by atoms with Gasteiger partial charge in [-0.25, -0.2) is 0 Å². The second-order valence-electron chi connectivity index (χ2n) is 6.05. The highest BCUT2D eigenvalue weighted by Crippen LogP contribution is 2.15. The van der Waals surface area contributed by atoms with Crippen LogP contribution in [0.2, 0.25) is 0 Å². The first-order valence-corrected chi connectivity index (χ1v) is 9.35. The molecule has 0 aliphatic heterocycles. The van der Waals surface area contributed by atoms with E-state index in [2.05, 4.69) is 12.2 Å². The van der Waals surface area contributed by atoms with Crippen LogP contribution in [0.5, 0.6) is 5.75 Å². The largest absolute Gasteiger partial charge is 0.491 e. The predicted octanol–water partition coefficient (Wildman–Crippen LogP) is 3.94. The zero-order chi connectivity index (χ0) is 19.0. The Bertz CT molecular complexity index is 515. The first kappa shape index (κ1) is 22.0. The van der Waals surface area contributed by atoms with E-state index in [-0.39, 0.29) is 18.5 Å². The van der Waals surface area contributed by atoms with Gasteiger partial charge in [0, 0.05) is 19.0 Å². The van der Waals surface area contributed by atoms with E-state index in [1.54, 1.807) is 24.3 Å². The number of carbonyl (C=O) groups is 2. The van der Waals surface area contributed by atoms with Crippen molar-refractivity contribution in [1.82, 2.24) is 0 Å². The van der Waals surface area contributed by atoms with Crippen molar-refractivity contribution in [2.24, 2.45) is 0 Å². The zero-order valence-corrected chi connectivity index (χ0v) is 15.9. The van der Waals surface area contributed by atoms with Gasteiger partial charge in [-0.15, -0.1) is 0 Å². The van der Waals surface area contributed by atoms with E-state index in [1.807, 2.05) is 0 Å². The Morgan fingerprint density at radius 1 is 0.923 bits per heavy atom. The number of amides is 1. The Morgan fingerprint density at radius 2 is 1.62 bits per heavy atom. The van der Waals surface area contributed by atoms with Crippen LogP contribution in [0.15, 0.2) is 24.3 Å². The highest BCUT2D eigenvalue weighted by atomic mass is 16.6. The maximum atomic E-state index is 11.5. The molecule has 6 nitrogen and oxygen atoms in total. The van der Waals surface area contributed by atoms with Gasteiger partial charge in [-0.1, -0.05) is 32.6 Å². The standard InChI is InChI=1S/C20H31NO5/c1-3-4-5-6-7-8-20(23)26-16-14-24-13-15-25-19-11-9-18(10-12-19)21-17(2)22/h9-12H,3-8,13-16H2,1-2H3,(H,21,22). The minimum atomic E-state index is -0.152. The lowest BCUT2D eigenvalue weighted by Crippen LogP contribution is -2.13. The van der Waals surface area contributed by atoms with E-state index in [0.29, 0.717) is 32.0 Å². The number of nitrogens with one attached hydrogen (secondary N) is 1. The van der Waals surface area contributed by atoms with E-state index < -0.39 is 0 Å². The van der Waals surface area contributed by atoms with Crippen LogP contribution in [0.4, 0.5) is 5.69 Å². The number of unbranched alkanes of at least 4 members (excludes halogenated alkanes) is 4. The summed E-state index contributed by atoms with van der Waals surface area (Å²) in [5.74, 6) is 0.446. The first-order chi connectivity index (χ1) is 12.6. The fourth-order valence-electron chi connectivity index (χ4n) is 2.32. The van der Waals surface area contributed by atoms with Crippen molar-refractivity contribution >= 4 is 17.6 Å². The normalized spacial score (nSPS) is 10.4. The Kier molecular flexibility index (Phi) is 11.9. The molecule has 0 saturated heterocycles. The number of carbonyl (C=O) groups excluding carboxylic acids is 2. The lowest BCUT2D eigenvalue weighted by molar-refractivity contribution is -0.145. The average Bonchev–Trinajstić information content (AvgIpc) is 2.61. The molecule has 0 aliphatic rings. The first-order valence-electron chi connectivity index (χ1n) is 9.35. The third kappa shape index (κ3) is 11.5. The Labute approximate surface area is 156 Å². The molecular formula is C20H31NO5. The van der Waals surface area contributed by atoms with Crippen LogP contribution in [0.25, 0.3) is 0 Å². The van der Waals surface area contributed by atoms with Gasteiger partial charge in [0.2, 0.25) is 5.91 Å². The molecule has 0 aliphatic carbocycles. The van der Waals surface area contributed by atoms with Gasteiger partial charge in [-0.05, 0) is 30.7 Å². The molecule has 1 rings (SSSR count). The third-order valence-corrected chi connectivity index (χ3v) is 3.65. The van der Waals surface area contributed by atoms with E-state index in [4.69, 9.17) is 14.2 Å². The summed E-state index contributed by atoms with van der Waals surface area (Å²) in [7, 11) is 0. The number of esters is 1. The van der Waals surface area contributed by atoms with E-state index in [1.165, 1.54) is 26.2 Å². The highest BCUT2D eigenvalue weighted by Gasteiger charge is 2.02. The summed E-state index contributed by atoms with van der Waals surface area (Å²) in [6.07, 6.45) is 6.08. The van der Waals surface area contributed by atoms with Crippen molar-refractivity contribution in [2.75, 3.05) is 31.7 Å². The molecule has 26 heavy (non-hydrogen) atoms. The summed E-state index contributed by atoms with van der Waals surface area (Å²) in [6.45, 7) is 5.11. The number of anilines is 1.